The standard InChI is InChI=1S/C64H39NOSe/c1-35-25-53-49-18-19-50-58-32-45-11-5-9-38-10-6-12-51(60(38)45)63(58)67-64(50)61(49)48-17-15-44(30-55(48)54(53)26-36(35)2)47-33-52(37-21-23-65-24-22-37)62-57(34-47)56-31-43(16-20-59(56)66-62)41-13-14-42-27-39-7-3-4-8-40(39)28-46(42)29-41/h3-9,11-34H,10H2,1-2H3. The number of aryl methyl sites for hydroxylation is 2. The van der Waals surface area contributed by atoms with Crippen molar-refractivity contribution in [3.63, 3.8) is 0 Å². The molecule has 0 aliphatic heterocycles. The van der Waals surface area contributed by atoms with Gasteiger partial charge in [0.15, 0.2) is 0 Å². The van der Waals surface area contributed by atoms with E-state index in [1.807, 2.05) is 12.4 Å². The van der Waals surface area contributed by atoms with Crippen molar-refractivity contribution >= 4 is 126 Å². The number of aromatic nitrogens is 1. The van der Waals surface area contributed by atoms with Crippen LogP contribution in [0.2, 0.25) is 0 Å². The average Bonchev–Trinajstić information content (AvgIpc) is 3.94. The van der Waals surface area contributed by atoms with E-state index in [1.165, 1.54) is 123 Å². The van der Waals surface area contributed by atoms with Gasteiger partial charge in [0, 0.05) is 0 Å². The Morgan fingerprint density at radius 2 is 1.09 bits per heavy atom. The molecule has 0 atom stereocenters. The van der Waals surface area contributed by atoms with Crippen LogP contribution in [0.15, 0.2) is 187 Å². The Kier molecular flexibility index (Phi) is 7.74. The predicted octanol–water partition coefficient (Wildman–Crippen LogP) is 17.5. The quantitative estimate of drug-likeness (QED) is 0.100. The molecule has 0 saturated carbocycles. The molecule has 0 N–H and O–H groups in total. The number of hydrogen-bond donors (Lipinski definition) is 0. The Bertz CT molecular complexity index is 4550. The van der Waals surface area contributed by atoms with Gasteiger partial charge in [0.05, 0.1) is 0 Å². The first-order valence-corrected chi connectivity index (χ1v) is 24.9. The molecule has 11 aromatic carbocycles. The van der Waals surface area contributed by atoms with Gasteiger partial charge in [0.1, 0.15) is 0 Å². The van der Waals surface area contributed by atoms with Crippen molar-refractivity contribution in [2.45, 2.75) is 20.3 Å². The molecule has 0 saturated heterocycles. The number of pyridine rings is 1. The second kappa shape index (κ2) is 13.9. The first-order chi connectivity index (χ1) is 33.0. The molecule has 0 bridgehead atoms. The van der Waals surface area contributed by atoms with Gasteiger partial charge in [-0.25, -0.2) is 0 Å². The van der Waals surface area contributed by atoms with E-state index >= 15 is 0 Å². The zero-order valence-corrected chi connectivity index (χ0v) is 38.6. The molecule has 0 radical (unpaired) electrons. The van der Waals surface area contributed by atoms with E-state index in [9.17, 15) is 0 Å². The minimum absolute atomic E-state index is 0.147. The van der Waals surface area contributed by atoms with Gasteiger partial charge in [-0.05, 0) is 45.3 Å². The molecule has 15 rings (SSSR count). The zero-order valence-electron chi connectivity index (χ0n) is 36.9. The van der Waals surface area contributed by atoms with Crippen molar-refractivity contribution in [2.24, 2.45) is 0 Å². The summed E-state index contributed by atoms with van der Waals surface area (Å²) in [7, 11) is 0. The average molecular weight is 917 g/mol. The van der Waals surface area contributed by atoms with E-state index in [0.29, 0.717) is 0 Å². The summed E-state index contributed by atoms with van der Waals surface area (Å²) in [5.41, 5.74) is 14.1. The number of benzene rings is 11. The SMILES string of the molecule is Cc1cc2c3cc(-c4cc(-c5ccncc5)c5oc6ccc(-c7ccc8cc9ccccc9cc8c7)cc6c5c4)ccc3c3c(ccc4c5cc6cccc7c6c(c5[se]c43)C=CC7)c2cc1C. The molecule has 312 valence electrons. The Morgan fingerprint density at radius 3 is 1.94 bits per heavy atom. The number of furan rings is 1. The molecule has 0 fully saturated rings. The van der Waals surface area contributed by atoms with Gasteiger partial charge < -0.3 is 0 Å². The van der Waals surface area contributed by atoms with Gasteiger partial charge in [-0.1, -0.05) is 42.5 Å². The summed E-state index contributed by atoms with van der Waals surface area (Å²) in [5.74, 6) is 0. The fourth-order valence-electron chi connectivity index (χ4n) is 11.5. The molecule has 0 unspecified atom stereocenters. The van der Waals surface area contributed by atoms with Crippen molar-refractivity contribution in [2.75, 3.05) is 0 Å². The Labute approximate surface area is 391 Å². The van der Waals surface area contributed by atoms with Gasteiger partial charge >= 0.3 is 301 Å². The van der Waals surface area contributed by atoms with Crippen LogP contribution in [0.3, 0.4) is 0 Å². The zero-order chi connectivity index (χ0) is 44.1. The second-order valence-corrected chi connectivity index (χ2v) is 20.8. The van der Waals surface area contributed by atoms with Gasteiger partial charge in [-0.3, -0.25) is 4.98 Å². The molecule has 3 heterocycles. The number of rotatable bonds is 3. The van der Waals surface area contributed by atoms with Crippen LogP contribution in [-0.4, -0.2) is 19.5 Å². The Balaban J connectivity index is 0.974. The van der Waals surface area contributed by atoms with Crippen LogP contribution >= 0.6 is 0 Å². The van der Waals surface area contributed by atoms with Crippen molar-refractivity contribution in [1.29, 1.82) is 0 Å². The van der Waals surface area contributed by atoms with Gasteiger partial charge in [0.2, 0.25) is 0 Å². The molecule has 2 nitrogen and oxygen atoms in total. The topological polar surface area (TPSA) is 26.0 Å². The van der Waals surface area contributed by atoms with Crippen LogP contribution in [0.5, 0.6) is 0 Å². The fraction of sp³-hybridized carbons (Fsp3) is 0.0469. The summed E-state index contributed by atoms with van der Waals surface area (Å²) >= 11 is 0.147. The molecular formula is C64H39NOSe. The number of hydrogen-bond acceptors (Lipinski definition) is 2. The molecule has 67 heavy (non-hydrogen) atoms. The molecular weight excluding hydrogens is 878 g/mol. The third kappa shape index (κ3) is 5.47. The third-order valence-corrected chi connectivity index (χ3v) is 17.6. The Hall–Kier alpha value is -7.81. The van der Waals surface area contributed by atoms with Crippen molar-refractivity contribution < 1.29 is 4.42 Å². The maximum absolute atomic E-state index is 6.84. The van der Waals surface area contributed by atoms with E-state index in [-0.39, 0.29) is 14.5 Å². The van der Waals surface area contributed by atoms with E-state index in [4.69, 9.17) is 4.42 Å². The normalized spacial score (nSPS) is 12.8. The van der Waals surface area contributed by atoms with Crippen LogP contribution in [-0.2, 0) is 6.42 Å². The van der Waals surface area contributed by atoms with Crippen LogP contribution in [0.4, 0.5) is 0 Å². The van der Waals surface area contributed by atoms with Gasteiger partial charge in [-0.2, -0.15) is 0 Å². The summed E-state index contributed by atoms with van der Waals surface area (Å²) < 4.78 is 9.87. The van der Waals surface area contributed by atoms with Crippen LogP contribution in [0.1, 0.15) is 22.3 Å². The minimum atomic E-state index is 0.147. The number of nitrogens with zero attached hydrogens (tertiary/aromatic N) is 1. The van der Waals surface area contributed by atoms with Crippen molar-refractivity contribution in [3.05, 3.63) is 205 Å². The van der Waals surface area contributed by atoms with E-state index in [0.717, 1.165) is 45.0 Å². The van der Waals surface area contributed by atoms with Gasteiger partial charge in [-0.15, -0.1) is 0 Å². The molecule has 0 amide bonds. The van der Waals surface area contributed by atoms with Crippen LogP contribution in [0, 0.1) is 13.8 Å². The van der Waals surface area contributed by atoms with Crippen molar-refractivity contribution in [3.8, 4) is 33.4 Å². The van der Waals surface area contributed by atoms with Crippen LogP contribution in [0.25, 0.3) is 145 Å². The molecule has 3 heteroatoms. The first-order valence-electron chi connectivity index (χ1n) is 23.2. The number of fused-ring (bicyclic) bond motifs is 16. The van der Waals surface area contributed by atoms with Gasteiger partial charge in [0.25, 0.3) is 0 Å². The molecule has 3 aromatic heterocycles. The number of allylic oxidation sites excluding steroid dienone is 1. The molecule has 1 aliphatic rings. The monoisotopic (exact) mass is 917 g/mol. The Morgan fingerprint density at radius 1 is 0.433 bits per heavy atom. The molecule has 0 spiro atoms. The summed E-state index contributed by atoms with van der Waals surface area (Å²) in [6, 6.07) is 61.9. The predicted molar refractivity (Wildman–Crippen MR) is 287 cm³/mol. The fourth-order valence-corrected chi connectivity index (χ4v) is 14.4. The maximum atomic E-state index is 6.84. The molecule has 1 aliphatic carbocycles. The summed E-state index contributed by atoms with van der Waals surface area (Å²) in [5, 5.41) is 20.8. The van der Waals surface area contributed by atoms with E-state index < -0.39 is 0 Å². The second-order valence-electron chi connectivity index (χ2n) is 18.7. The van der Waals surface area contributed by atoms with Crippen molar-refractivity contribution in [1.82, 2.24) is 4.98 Å². The summed E-state index contributed by atoms with van der Waals surface area (Å²) in [6.45, 7) is 4.51. The third-order valence-electron chi connectivity index (χ3n) is 15.0. The van der Waals surface area contributed by atoms with Crippen LogP contribution < -0.4 is 0 Å². The first kappa shape index (κ1) is 37.4. The summed E-state index contributed by atoms with van der Waals surface area (Å²) in [6.07, 6.45) is 9.52. The van der Waals surface area contributed by atoms with E-state index in [1.54, 1.807) is 0 Å². The summed E-state index contributed by atoms with van der Waals surface area (Å²) in [4.78, 5) is 4.39. The van der Waals surface area contributed by atoms with E-state index in [2.05, 4.69) is 195 Å². The molecule has 14 aromatic rings.